The van der Waals surface area contributed by atoms with Crippen molar-refractivity contribution in [3.05, 3.63) is 213 Å². The van der Waals surface area contributed by atoms with Gasteiger partial charge in [0, 0.05) is 26.3 Å². The Balaban J connectivity index is 0.00000397. The van der Waals surface area contributed by atoms with Gasteiger partial charge in [0.1, 0.15) is 12.2 Å². The van der Waals surface area contributed by atoms with Gasteiger partial charge < -0.3 is 18.5 Å². The summed E-state index contributed by atoms with van der Waals surface area (Å²) in [4.78, 5) is 0. The number of methoxy groups -OCH3 is 2. The van der Waals surface area contributed by atoms with Crippen molar-refractivity contribution in [1.82, 2.24) is 4.67 Å². The molecule has 7 rings (SSSR count). The summed E-state index contributed by atoms with van der Waals surface area (Å²) in [6, 6.07) is 57.2. The van der Waals surface area contributed by atoms with Gasteiger partial charge in [-0.2, -0.15) is 0 Å². The predicted octanol–water partition coefficient (Wildman–Crippen LogP) is 16.9. The van der Waals surface area contributed by atoms with Crippen LogP contribution in [0.1, 0.15) is 165 Å². The van der Waals surface area contributed by atoms with E-state index in [9.17, 15) is 0 Å². The van der Waals surface area contributed by atoms with Crippen molar-refractivity contribution in [3.8, 4) is 0 Å². The van der Waals surface area contributed by atoms with Gasteiger partial charge >= 0.3 is 29.2 Å². The molecule has 0 aliphatic carbocycles. The predicted molar refractivity (Wildman–Crippen MR) is 290 cm³/mol. The minimum atomic E-state index is -2.07. The van der Waals surface area contributed by atoms with E-state index in [-0.39, 0.29) is 33.7 Å². The molecule has 1 saturated heterocycles. The van der Waals surface area contributed by atoms with E-state index in [0.29, 0.717) is 0 Å². The van der Waals surface area contributed by atoms with Crippen LogP contribution in [-0.4, -0.2) is 31.1 Å². The van der Waals surface area contributed by atoms with Crippen molar-refractivity contribution < 1.29 is 38.5 Å². The van der Waals surface area contributed by atoms with Crippen molar-refractivity contribution in [1.29, 1.82) is 0 Å². The van der Waals surface area contributed by atoms with Crippen LogP contribution in [0.15, 0.2) is 158 Å². The molecular formula is C62H78AuClNO4P. The number of benzene rings is 6. The fraction of sp³-hybridized carbons (Fsp3) is 0.419. The molecule has 5 nitrogen and oxygen atoms in total. The normalized spacial score (nSPS) is 18.6. The number of hydrogen-bond donors (Lipinski definition) is 0. The quantitative estimate of drug-likeness (QED) is 0.0955. The molecule has 1 heterocycles. The molecule has 0 amide bonds. The summed E-state index contributed by atoms with van der Waals surface area (Å²) in [5.74, 6) is 0. The van der Waals surface area contributed by atoms with Crippen LogP contribution < -0.4 is 0 Å². The van der Waals surface area contributed by atoms with Gasteiger partial charge in [0.15, 0.2) is 11.2 Å². The van der Waals surface area contributed by atoms with E-state index >= 15 is 0 Å². The zero-order valence-corrected chi connectivity index (χ0v) is 48.3. The van der Waals surface area contributed by atoms with E-state index in [1.165, 1.54) is 22.3 Å². The van der Waals surface area contributed by atoms with Crippen molar-refractivity contribution in [2.75, 3.05) is 14.2 Å². The van der Waals surface area contributed by atoms with Crippen LogP contribution in [0.3, 0.4) is 0 Å². The molecule has 0 aromatic heterocycles. The van der Waals surface area contributed by atoms with Crippen molar-refractivity contribution >= 4 is 17.7 Å². The fourth-order valence-electron chi connectivity index (χ4n) is 9.93. The standard InChI is InChI=1S/C62H78NO4P.Au.ClH/c1-43(45-23-19-17-20-24-45)63(44(2)46-25-21-18-22-26-46)68-66-61(51-35-27-47(28-36-51)57(3,4)5,52-37-29-48(30-38-52)58(6,7)8)55(64-15)56(65-16)62(67-68,53-39-31-49(32-40-53)59(9,10)11)54-41-33-50(34-42-54)60(12,13)14;;/h17-44,55-56H,1-16H3;;1H/q;+1;/p-1/t43-,44-,55-,56-;;/m1../s1. The number of nitrogens with zero attached hydrogens (tertiary/aromatic N) is 1. The molecule has 4 atom stereocenters. The van der Waals surface area contributed by atoms with E-state index in [1.54, 1.807) is 20.0 Å². The number of halogens is 1. The maximum absolute atomic E-state index is 8.32. The second-order valence-electron chi connectivity index (χ2n) is 23.1. The van der Waals surface area contributed by atoms with Crippen LogP contribution in [0.5, 0.6) is 0 Å². The second-order valence-corrected chi connectivity index (χ2v) is 24.4. The second kappa shape index (κ2) is 22.4. The Kier molecular flexibility index (Phi) is 17.9. The molecule has 378 valence electrons. The first-order valence-electron chi connectivity index (χ1n) is 24.6. The van der Waals surface area contributed by atoms with Crippen LogP contribution in [-0.2, 0) is 71.4 Å². The molecule has 1 fully saturated rings. The molecule has 0 spiro atoms. The summed E-state index contributed by atoms with van der Waals surface area (Å²) in [5.41, 5.74) is 8.25. The average Bonchev–Trinajstić information content (AvgIpc) is 3.47. The summed E-state index contributed by atoms with van der Waals surface area (Å²) >= 11 is 1.75. The van der Waals surface area contributed by atoms with E-state index in [4.69, 9.17) is 18.5 Å². The maximum atomic E-state index is 8.32. The zero-order valence-electron chi connectivity index (χ0n) is 44.5. The summed E-state index contributed by atoms with van der Waals surface area (Å²) in [5, 5.41) is 0. The first kappa shape index (κ1) is 55.9. The van der Waals surface area contributed by atoms with Crippen molar-refractivity contribution in [2.24, 2.45) is 0 Å². The Hall–Kier alpha value is -3.42. The van der Waals surface area contributed by atoms with E-state index in [0.717, 1.165) is 33.4 Å². The minimum absolute atomic E-state index is 0.0730. The Morgan fingerprint density at radius 1 is 0.429 bits per heavy atom. The van der Waals surface area contributed by atoms with Gasteiger partial charge in [-0.25, -0.2) is 4.67 Å². The van der Waals surface area contributed by atoms with Gasteiger partial charge in [-0.1, -0.05) is 241 Å². The van der Waals surface area contributed by atoms with Crippen LogP contribution >= 0.6 is 17.7 Å². The van der Waals surface area contributed by atoms with Crippen LogP contribution in [0.2, 0.25) is 0 Å². The zero-order chi connectivity index (χ0) is 51.5. The fourth-order valence-corrected chi connectivity index (χ4v) is 12.1. The molecule has 6 aromatic rings. The van der Waals surface area contributed by atoms with Gasteiger partial charge in [0.05, 0.1) is 0 Å². The molecule has 0 unspecified atom stereocenters. The monoisotopic (exact) mass is 1160 g/mol. The van der Waals surface area contributed by atoms with E-state index in [2.05, 4.69) is 269 Å². The van der Waals surface area contributed by atoms with Crippen LogP contribution in [0.25, 0.3) is 0 Å². The number of hydrogen-bond acceptors (Lipinski definition) is 5. The molecule has 6 aromatic carbocycles. The van der Waals surface area contributed by atoms with Gasteiger partial charge in [0.2, 0.25) is 0 Å². The average molecular weight is 1160 g/mol. The van der Waals surface area contributed by atoms with Crippen molar-refractivity contribution in [2.45, 2.75) is 154 Å². The van der Waals surface area contributed by atoms with E-state index < -0.39 is 31.9 Å². The molecule has 70 heavy (non-hydrogen) atoms. The van der Waals surface area contributed by atoms with Crippen molar-refractivity contribution in [3.63, 3.8) is 0 Å². The van der Waals surface area contributed by atoms with E-state index in [1.807, 2.05) is 14.2 Å². The van der Waals surface area contributed by atoms with Crippen LogP contribution in [0, 0.1) is 0 Å². The summed E-state index contributed by atoms with van der Waals surface area (Å²) in [7, 11) is 6.13. The third-order valence-electron chi connectivity index (χ3n) is 14.3. The molecule has 1 aliphatic heterocycles. The van der Waals surface area contributed by atoms with Gasteiger partial charge in [-0.15, -0.1) is 0 Å². The Bertz CT molecular complexity index is 2270. The first-order chi connectivity index (χ1) is 33.0. The topological polar surface area (TPSA) is 40.2 Å². The number of rotatable bonds is 11. The summed E-state index contributed by atoms with van der Waals surface area (Å²) < 4.78 is 33.4. The Morgan fingerprint density at radius 2 is 0.657 bits per heavy atom. The Morgan fingerprint density at radius 3 is 0.857 bits per heavy atom. The molecule has 0 radical (unpaired) electrons. The van der Waals surface area contributed by atoms with Gasteiger partial charge in [0.25, 0.3) is 8.53 Å². The summed E-state index contributed by atoms with van der Waals surface area (Å²) in [6.45, 7) is 31.7. The van der Waals surface area contributed by atoms with Gasteiger partial charge in [-0.05, 0) is 91.1 Å². The Labute approximate surface area is 439 Å². The summed E-state index contributed by atoms with van der Waals surface area (Å²) in [6.07, 6.45) is -1.52. The molecule has 0 saturated carbocycles. The molecule has 8 heteroatoms. The molecule has 0 N–H and O–H groups in total. The SMILES string of the molecule is CO[C@@H]1[C@@H](OC)C(c2ccc(C(C)(C)C)cc2)(c2ccc(C(C)(C)C)cc2)OP(N([C@H](C)c2ccccc2)[C@H](C)c2ccccc2)OC1(c1ccc(C(C)(C)C)cc1)c1ccc(C(C)(C)C)cc1.[Cl][Au]. The third kappa shape index (κ3) is 11.5. The van der Waals surface area contributed by atoms with Crippen LogP contribution in [0.4, 0.5) is 0 Å². The first-order valence-corrected chi connectivity index (χ1v) is 28.5. The molecular weight excluding hydrogens is 1090 g/mol. The molecule has 1 aliphatic rings. The van der Waals surface area contributed by atoms with Gasteiger partial charge in [-0.3, -0.25) is 0 Å². The number of ether oxygens (including phenoxy) is 2. The third-order valence-corrected chi connectivity index (χ3v) is 16.3. The molecule has 0 bridgehead atoms.